The van der Waals surface area contributed by atoms with Gasteiger partial charge in [0.05, 0.1) is 0 Å². The van der Waals surface area contributed by atoms with Crippen LogP contribution in [0.5, 0.6) is 0 Å². The molecule has 3 nitrogen and oxygen atoms in total. The third-order valence-electron chi connectivity index (χ3n) is 7.52. The van der Waals surface area contributed by atoms with E-state index < -0.39 is 8.24 Å². The molecule has 2 fully saturated rings. The number of fused-ring (bicyclic) bond motifs is 1. The van der Waals surface area contributed by atoms with E-state index in [1.165, 1.54) is 29.5 Å². The van der Waals surface area contributed by atoms with Crippen LogP contribution in [0.25, 0.3) is 5.57 Å². The summed E-state index contributed by atoms with van der Waals surface area (Å²) in [5.41, 5.74) is 6.61. The molecule has 1 aliphatic heterocycles. The van der Waals surface area contributed by atoms with Crippen LogP contribution >= 0.6 is 0 Å². The van der Waals surface area contributed by atoms with Gasteiger partial charge in [-0.15, -0.1) is 0 Å². The Morgan fingerprint density at radius 2 is 1.75 bits per heavy atom. The summed E-state index contributed by atoms with van der Waals surface area (Å²) in [6, 6.07) is 7.08. The summed E-state index contributed by atoms with van der Waals surface area (Å²) in [7, 11) is -1.58. The Balaban J connectivity index is 1.67. The first-order valence-corrected chi connectivity index (χ1v) is 14.1. The van der Waals surface area contributed by atoms with Crippen LogP contribution in [0.15, 0.2) is 36.4 Å². The van der Waals surface area contributed by atoms with Gasteiger partial charge in [0.1, 0.15) is 8.24 Å². The molecule has 2 N–H and O–H groups in total. The number of hydrogen-bond donors (Lipinski definition) is 2. The monoisotopic (exact) mass is 395 g/mol. The normalized spacial score (nSPS) is 31.0. The molecular weight excluding hydrogens is 358 g/mol. The van der Waals surface area contributed by atoms with Gasteiger partial charge in [0.25, 0.3) is 0 Å². The molecule has 4 heteroatoms. The first-order valence-electron chi connectivity index (χ1n) is 11.1. The Bertz CT molecular complexity index is 756. The van der Waals surface area contributed by atoms with Gasteiger partial charge in [-0.1, -0.05) is 74.0 Å². The SMILES string of the molecule is CCC1CC2C(c3cc(C)cc(C)c3)=CC=CC2C1[Si](C)(C)N1CNCNC1. The molecule has 1 heterocycles. The number of allylic oxidation sites excluding steroid dienone is 4. The lowest BCUT2D eigenvalue weighted by atomic mass is 9.80. The van der Waals surface area contributed by atoms with Crippen molar-refractivity contribution in [3.05, 3.63) is 53.1 Å². The molecule has 1 aromatic carbocycles. The van der Waals surface area contributed by atoms with E-state index in [0.29, 0.717) is 11.8 Å². The molecule has 1 saturated heterocycles. The van der Waals surface area contributed by atoms with Crippen molar-refractivity contribution in [3.8, 4) is 0 Å². The first kappa shape index (κ1) is 20.1. The summed E-state index contributed by atoms with van der Waals surface area (Å²) in [5.74, 6) is 2.20. The topological polar surface area (TPSA) is 27.3 Å². The van der Waals surface area contributed by atoms with Crippen LogP contribution in [-0.2, 0) is 0 Å². The van der Waals surface area contributed by atoms with E-state index in [-0.39, 0.29) is 0 Å². The highest BCUT2D eigenvalue weighted by atomic mass is 28.3. The predicted octanol–water partition coefficient (Wildman–Crippen LogP) is 4.86. The third kappa shape index (κ3) is 3.56. The molecule has 4 rings (SSSR count). The molecule has 0 aromatic heterocycles. The second kappa shape index (κ2) is 7.90. The first-order chi connectivity index (χ1) is 13.4. The molecule has 0 bridgehead atoms. The molecule has 0 radical (unpaired) electrons. The number of nitrogens with zero attached hydrogens (tertiary/aromatic N) is 1. The van der Waals surface area contributed by atoms with Crippen LogP contribution in [0.4, 0.5) is 0 Å². The minimum Gasteiger partial charge on any atom is -0.299 e. The quantitative estimate of drug-likeness (QED) is 0.713. The summed E-state index contributed by atoms with van der Waals surface area (Å²) in [6.07, 6.45) is 9.97. The largest absolute Gasteiger partial charge is 0.299 e. The highest BCUT2D eigenvalue weighted by Crippen LogP contribution is 2.58. The van der Waals surface area contributed by atoms with Crippen LogP contribution < -0.4 is 10.6 Å². The average molecular weight is 396 g/mol. The van der Waals surface area contributed by atoms with Crippen LogP contribution in [0.3, 0.4) is 0 Å². The zero-order valence-electron chi connectivity index (χ0n) is 18.3. The Labute approximate surface area is 172 Å². The van der Waals surface area contributed by atoms with Gasteiger partial charge < -0.3 is 0 Å². The van der Waals surface area contributed by atoms with Crippen LogP contribution in [0, 0.1) is 31.6 Å². The molecule has 0 amide bonds. The zero-order chi connectivity index (χ0) is 19.9. The van der Waals surface area contributed by atoms with E-state index in [1.807, 2.05) is 0 Å². The Hall–Kier alpha value is -1.20. The highest BCUT2D eigenvalue weighted by Gasteiger charge is 2.53. The second-order valence-corrected chi connectivity index (χ2v) is 14.3. The van der Waals surface area contributed by atoms with Crippen LogP contribution in [0.1, 0.15) is 36.5 Å². The number of rotatable bonds is 4. The van der Waals surface area contributed by atoms with Crippen LogP contribution in [0.2, 0.25) is 18.6 Å². The summed E-state index contributed by atoms with van der Waals surface area (Å²) < 4.78 is 2.74. The van der Waals surface area contributed by atoms with E-state index in [1.54, 1.807) is 5.57 Å². The van der Waals surface area contributed by atoms with E-state index in [2.05, 4.69) is 85.5 Å². The molecular formula is C24H37N3Si. The van der Waals surface area contributed by atoms with Crippen molar-refractivity contribution >= 4 is 13.8 Å². The van der Waals surface area contributed by atoms with Gasteiger partial charge in [0, 0.05) is 20.0 Å². The number of nitrogens with one attached hydrogen (secondary N) is 2. The molecule has 28 heavy (non-hydrogen) atoms. The summed E-state index contributed by atoms with van der Waals surface area (Å²) in [5, 5.41) is 7.07. The van der Waals surface area contributed by atoms with Crippen molar-refractivity contribution < 1.29 is 0 Å². The van der Waals surface area contributed by atoms with E-state index in [0.717, 1.165) is 31.5 Å². The average Bonchev–Trinajstić information content (AvgIpc) is 3.07. The standard InChI is InChI=1S/C24H37N3Si/c1-6-19-13-23-21(20-11-17(2)10-18(3)12-20)8-7-9-22(23)24(19)28(4,5)27-15-25-14-26-16-27/h7-12,19,22-26H,6,13-16H2,1-5H3. The second-order valence-electron chi connectivity index (χ2n) is 9.68. The lowest BCUT2D eigenvalue weighted by Crippen LogP contribution is -2.63. The maximum absolute atomic E-state index is 3.54. The van der Waals surface area contributed by atoms with Crippen molar-refractivity contribution in [2.45, 2.75) is 52.2 Å². The van der Waals surface area contributed by atoms with E-state index in [4.69, 9.17) is 0 Å². The van der Waals surface area contributed by atoms with E-state index in [9.17, 15) is 0 Å². The summed E-state index contributed by atoms with van der Waals surface area (Å²) in [4.78, 5) is 0. The predicted molar refractivity (Wildman–Crippen MR) is 122 cm³/mol. The third-order valence-corrected chi connectivity index (χ3v) is 12.0. The Kier molecular flexibility index (Phi) is 5.67. The van der Waals surface area contributed by atoms with E-state index >= 15 is 0 Å². The number of aryl methyl sites for hydroxylation is 2. The fourth-order valence-electron chi connectivity index (χ4n) is 6.26. The fourth-order valence-corrected chi connectivity index (χ4v) is 10.5. The molecule has 2 aliphatic carbocycles. The van der Waals surface area contributed by atoms with Crippen molar-refractivity contribution in [2.24, 2.45) is 17.8 Å². The molecule has 4 atom stereocenters. The van der Waals surface area contributed by atoms with Gasteiger partial charge in [-0.25, -0.2) is 0 Å². The van der Waals surface area contributed by atoms with Crippen LogP contribution in [-0.4, -0.2) is 32.8 Å². The molecule has 152 valence electrons. The minimum atomic E-state index is -1.58. The summed E-state index contributed by atoms with van der Waals surface area (Å²) in [6.45, 7) is 15.1. The Morgan fingerprint density at radius 3 is 2.39 bits per heavy atom. The maximum Gasteiger partial charge on any atom is 0.129 e. The number of benzene rings is 1. The van der Waals surface area contributed by atoms with Gasteiger partial charge in [-0.3, -0.25) is 15.2 Å². The number of hydrogen-bond acceptors (Lipinski definition) is 3. The maximum atomic E-state index is 3.54. The lowest BCUT2D eigenvalue weighted by Gasteiger charge is -2.47. The minimum absolute atomic E-state index is 0.679. The van der Waals surface area contributed by atoms with Gasteiger partial charge >= 0.3 is 0 Å². The lowest BCUT2D eigenvalue weighted by molar-refractivity contribution is 0.278. The van der Waals surface area contributed by atoms with Crippen molar-refractivity contribution in [2.75, 3.05) is 20.0 Å². The van der Waals surface area contributed by atoms with Gasteiger partial charge in [0.2, 0.25) is 0 Å². The van der Waals surface area contributed by atoms with Crippen molar-refractivity contribution in [1.29, 1.82) is 0 Å². The molecule has 0 spiro atoms. The van der Waals surface area contributed by atoms with Gasteiger partial charge in [-0.05, 0) is 54.7 Å². The molecule has 1 saturated carbocycles. The smallest absolute Gasteiger partial charge is 0.129 e. The van der Waals surface area contributed by atoms with Crippen molar-refractivity contribution in [1.82, 2.24) is 15.2 Å². The molecule has 1 aromatic rings. The summed E-state index contributed by atoms with van der Waals surface area (Å²) >= 11 is 0. The van der Waals surface area contributed by atoms with Gasteiger partial charge in [0.15, 0.2) is 0 Å². The Morgan fingerprint density at radius 1 is 1.07 bits per heavy atom. The fraction of sp³-hybridized carbons (Fsp3) is 0.583. The van der Waals surface area contributed by atoms with Crippen molar-refractivity contribution in [3.63, 3.8) is 0 Å². The molecule has 4 unspecified atom stereocenters. The zero-order valence-corrected chi connectivity index (χ0v) is 19.3. The highest BCUT2D eigenvalue weighted by molar-refractivity contribution is 6.76. The van der Waals surface area contributed by atoms with Gasteiger partial charge in [-0.2, -0.15) is 0 Å². The molecule has 3 aliphatic rings.